The van der Waals surface area contributed by atoms with Crippen LogP contribution >= 0.6 is 0 Å². The van der Waals surface area contributed by atoms with Crippen molar-refractivity contribution in [1.82, 2.24) is 0 Å². The van der Waals surface area contributed by atoms with Crippen LogP contribution in [0.4, 0.5) is 0 Å². The topological polar surface area (TPSA) is 60.2 Å². The highest BCUT2D eigenvalue weighted by Crippen LogP contribution is 2.27. The number of carbonyl (C=O) groups excluding carboxylic acids is 1. The molecule has 0 radical (unpaired) electrons. The predicted molar refractivity (Wildman–Crippen MR) is 43.4 cm³/mol. The molecule has 0 amide bonds. The first-order valence-electron chi connectivity index (χ1n) is 4.33. The molecule has 1 aliphatic rings. The fourth-order valence-electron chi connectivity index (χ4n) is 1.86. The van der Waals surface area contributed by atoms with Gasteiger partial charge < -0.3 is 4.79 Å². The SMILES string of the molecule is O=CCC1CCCCC1[N+](=O)[O-]. The van der Waals surface area contributed by atoms with Crippen molar-refractivity contribution in [3.8, 4) is 0 Å². The van der Waals surface area contributed by atoms with Gasteiger partial charge in [-0.3, -0.25) is 10.1 Å². The minimum Gasteiger partial charge on any atom is -0.303 e. The molecule has 0 heterocycles. The highest BCUT2D eigenvalue weighted by molar-refractivity contribution is 5.49. The van der Waals surface area contributed by atoms with Crippen LogP contribution in [-0.4, -0.2) is 17.3 Å². The van der Waals surface area contributed by atoms with E-state index in [-0.39, 0.29) is 10.8 Å². The molecule has 0 aromatic carbocycles. The Balaban J connectivity index is 2.53. The number of hydrogen-bond acceptors (Lipinski definition) is 3. The Morgan fingerprint density at radius 2 is 2.08 bits per heavy atom. The molecule has 12 heavy (non-hydrogen) atoms. The Labute approximate surface area is 71.1 Å². The van der Waals surface area contributed by atoms with Gasteiger partial charge in [0.15, 0.2) is 0 Å². The van der Waals surface area contributed by atoms with Gasteiger partial charge in [0.2, 0.25) is 6.04 Å². The summed E-state index contributed by atoms with van der Waals surface area (Å²) in [6.45, 7) is 0. The molecule has 0 spiro atoms. The van der Waals surface area contributed by atoms with Gasteiger partial charge in [-0.15, -0.1) is 0 Å². The van der Waals surface area contributed by atoms with E-state index in [1.807, 2.05) is 0 Å². The molecule has 1 aliphatic carbocycles. The fraction of sp³-hybridized carbons (Fsp3) is 0.875. The summed E-state index contributed by atoms with van der Waals surface area (Å²) in [7, 11) is 0. The zero-order valence-corrected chi connectivity index (χ0v) is 6.94. The van der Waals surface area contributed by atoms with Gasteiger partial charge in [0.1, 0.15) is 6.29 Å². The molecule has 1 rings (SSSR count). The number of nitro groups is 1. The average Bonchev–Trinajstić information content (AvgIpc) is 2.05. The van der Waals surface area contributed by atoms with Gasteiger partial charge in [-0.05, 0) is 12.8 Å². The van der Waals surface area contributed by atoms with Crippen molar-refractivity contribution in [1.29, 1.82) is 0 Å². The quantitative estimate of drug-likeness (QED) is 0.366. The second-order valence-corrected chi connectivity index (χ2v) is 3.30. The van der Waals surface area contributed by atoms with Crippen LogP contribution in [0, 0.1) is 16.0 Å². The molecule has 0 saturated heterocycles. The van der Waals surface area contributed by atoms with Gasteiger partial charge >= 0.3 is 0 Å². The van der Waals surface area contributed by atoms with Crippen molar-refractivity contribution in [2.45, 2.75) is 38.1 Å². The molecular formula is C8H13NO3. The summed E-state index contributed by atoms with van der Waals surface area (Å²) in [5, 5.41) is 10.5. The van der Waals surface area contributed by atoms with E-state index < -0.39 is 6.04 Å². The molecule has 2 unspecified atom stereocenters. The van der Waals surface area contributed by atoms with Gasteiger partial charge in [0.05, 0.1) is 0 Å². The number of nitrogens with zero attached hydrogens (tertiary/aromatic N) is 1. The van der Waals surface area contributed by atoms with E-state index in [0.29, 0.717) is 12.8 Å². The smallest absolute Gasteiger partial charge is 0.216 e. The second kappa shape index (κ2) is 4.18. The molecule has 0 bridgehead atoms. The van der Waals surface area contributed by atoms with Crippen molar-refractivity contribution < 1.29 is 9.72 Å². The normalized spacial score (nSPS) is 29.7. The van der Waals surface area contributed by atoms with E-state index in [4.69, 9.17) is 0 Å². The maximum Gasteiger partial charge on any atom is 0.216 e. The lowest BCUT2D eigenvalue weighted by atomic mass is 9.83. The molecule has 2 atom stereocenters. The van der Waals surface area contributed by atoms with Crippen LogP contribution in [0.25, 0.3) is 0 Å². The second-order valence-electron chi connectivity index (χ2n) is 3.30. The van der Waals surface area contributed by atoms with E-state index in [0.717, 1.165) is 25.5 Å². The van der Waals surface area contributed by atoms with Crippen LogP contribution in [0.15, 0.2) is 0 Å². The van der Waals surface area contributed by atoms with Crippen LogP contribution < -0.4 is 0 Å². The van der Waals surface area contributed by atoms with Crippen molar-refractivity contribution in [2.75, 3.05) is 0 Å². The molecule has 1 fully saturated rings. The fourth-order valence-corrected chi connectivity index (χ4v) is 1.86. The van der Waals surface area contributed by atoms with Crippen LogP contribution in [0.3, 0.4) is 0 Å². The lowest BCUT2D eigenvalue weighted by Gasteiger charge is -2.23. The van der Waals surface area contributed by atoms with Crippen LogP contribution in [0.2, 0.25) is 0 Å². The zero-order chi connectivity index (χ0) is 8.97. The van der Waals surface area contributed by atoms with E-state index in [9.17, 15) is 14.9 Å². The standard InChI is InChI=1S/C8H13NO3/c10-6-5-7-3-1-2-4-8(7)9(11)12/h6-8H,1-5H2. The number of hydrogen-bond donors (Lipinski definition) is 0. The molecule has 68 valence electrons. The van der Waals surface area contributed by atoms with Gasteiger partial charge in [-0.2, -0.15) is 0 Å². The first-order valence-corrected chi connectivity index (χ1v) is 4.33. The minimum atomic E-state index is -0.469. The van der Waals surface area contributed by atoms with Gasteiger partial charge in [-0.1, -0.05) is 6.42 Å². The highest BCUT2D eigenvalue weighted by atomic mass is 16.6. The average molecular weight is 171 g/mol. The minimum absolute atomic E-state index is 0.00810. The molecule has 4 nitrogen and oxygen atoms in total. The van der Waals surface area contributed by atoms with Crippen LogP contribution in [0.1, 0.15) is 32.1 Å². The summed E-state index contributed by atoms with van der Waals surface area (Å²) in [6.07, 6.45) is 4.60. The van der Waals surface area contributed by atoms with Gasteiger partial charge in [0.25, 0.3) is 0 Å². The lowest BCUT2D eigenvalue weighted by Crippen LogP contribution is -2.32. The van der Waals surface area contributed by atoms with Crippen molar-refractivity contribution in [3.63, 3.8) is 0 Å². The summed E-state index contributed by atoms with van der Waals surface area (Å²) < 4.78 is 0. The zero-order valence-electron chi connectivity index (χ0n) is 6.94. The Bertz CT molecular complexity index is 181. The van der Waals surface area contributed by atoms with Crippen molar-refractivity contribution in [3.05, 3.63) is 10.1 Å². The van der Waals surface area contributed by atoms with Crippen molar-refractivity contribution in [2.24, 2.45) is 5.92 Å². The summed E-state index contributed by atoms with van der Waals surface area (Å²) in [5.74, 6) is -0.00810. The molecule has 0 aliphatic heterocycles. The third kappa shape index (κ3) is 2.03. The predicted octanol–water partition coefficient (Wildman–Crippen LogP) is 1.41. The lowest BCUT2D eigenvalue weighted by molar-refractivity contribution is -0.535. The molecule has 4 heteroatoms. The Morgan fingerprint density at radius 1 is 1.42 bits per heavy atom. The van der Waals surface area contributed by atoms with Gasteiger partial charge in [0, 0.05) is 23.7 Å². The first-order chi connectivity index (χ1) is 5.75. The number of aldehydes is 1. The van der Waals surface area contributed by atoms with Crippen molar-refractivity contribution >= 4 is 6.29 Å². The molecule has 1 saturated carbocycles. The van der Waals surface area contributed by atoms with E-state index in [1.165, 1.54) is 0 Å². The molecular weight excluding hydrogens is 158 g/mol. The molecule has 0 aromatic heterocycles. The largest absolute Gasteiger partial charge is 0.303 e. The maximum absolute atomic E-state index is 10.5. The van der Waals surface area contributed by atoms with E-state index in [1.54, 1.807) is 0 Å². The molecule has 0 N–H and O–H groups in total. The molecule has 0 aromatic rings. The Morgan fingerprint density at radius 3 is 2.67 bits per heavy atom. The third-order valence-electron chi connectivity index (χ3n) is 2.54. The van der Waals surface area contributed by atoms with E-state index >= 15 is 0 Å². The van der Waals surface area contributed by atoms with Gasteiger partial charge in [-0.25, -0.2) is 0 Å². The monoisotopic (exact) mass is 171 g/mol. The Hall–Kier alpha value is -0.930. The summed E-state index contributed by atoms with van der Waals surface area (Å²) in [6, 6.07) is -0.469. The third-order valence-corrected chi connectivity index (χ3v) is 2.54. The number of rotatable bonds is 3. The highest BCUT2D eigenvalue weighted by Gasteiger charge is 2.33. The summed E-state index contributed by atoms with van der Waals surface area (Å²) in [4.78, 5) is 20.5. The first kappa shape index (κ1) is 9.16. The van der Waals surface area contributed by atoms with E-state index in [2.05, 4.69) is 0 Å². The van der Waals surface area contributed by atoms with Crippen LogP contribution in [-0.2, 0) is 4.79 Å². The maximum atomic E-state index is 10.5. The summed E-state index contributed by atoms with van der Waals surface area (Å²) >= 11 is 0. The Kier molecular flexibility index (Phi) is 3.19. The summed E-state index contributed by atoms with van der Waals surface area (Å²) in [5.41, 5.74) is 0. The van der Waals surface area contributed by atoms with Crippen LogP contribution in [0.5, 0.6) is 0 Å². The number of carbonyl (C=O) groups is 1.